The molecule has 23 heteroatoms. The molecule has 0 aromatic rings. The first-order chi connectivity index (χ1) is 33.2. The van der Waals surface area contributed by atoms with E-state index in [0.717, 1.165) is 17.7 Å². The Labute approximate surface area is 401 Å². The zero-order valence-corrected chi connectivity index (χ0v) is 40.5. The minimum absolute atomic E-state index is 0.00451. The molecule has 0 spiro atoms. The lowest BCUT2D eigenvalue weighted by Crippen LogP contribution is -2.40. The number of ether oxygens (including phenoxy) is 10. The van der Waals surface area contributed by atoms with Crippen molar-refractivity contribution in [3.05, 3.63) is 12.2 Å². The zero-order valence-electron chi connectivity index (χ0n) is 40.5. The summed E-state index contributed by atoms with van der Waals surface area (Å²) in [7, 11) is 0. The van der Waals surface area contributed by atoms with Crippen molar-refractivity contribution in [3.8, 4) is 0 Å². The van der Waals surface area contributed by atoms with Crippen LogP contribution in [0.2, 0.25) is 0 Å². The first-order valence-electron chi connectivity index (χ1n) is 23.8. The molecule has 0 saturated carbocycles. The largest absolute Gasteiger partial charge is 0.379 e. The van der Waals surface area contributed by atoms with Crippen LogP contribution in [0.4, 0.5) is 0 Å². The molecule has 0 atom stereocenters. The highest BCUT2D eigenvalue weighted by molar-refractivity contribution is 6.13. The van der Waals surface area contributed by atoms with Gasteiger partial charge in [-0.05, 0) is 12.8 Å². The van der Waals surface area contributed by atoms with E-state index in [9.17, 15) is 33.6 Å². The van der Waals surface area contributed by atoms with Crippen molar-refractivity contribution >= 4 is 41.4 Å². The molecule has 4 N–H and O–H groups in total. The first kappa shape index (κ1) is 61.8. The summed E-state index contributed by atoms with van der Waals surface area (Å²) in [5.74, 6) is -1.42. The van der Waals surface area contributed by atoms with Gasteiger partial charge in [0.2, 0.25) is 29.5 Å². The van der Waals surface area contributed by atoms with Crippen LogP contribution in [0.1, 0.15) is 58.8 Å². The van der Waals surface area contributed by atoms with E-state index in [1.54, 1.807) is 4.90 Å². The first-order valence-corrected chi connectivity index (χ1v) is 23.8. The molecule has 1 rings (SSSR count). The Hall–Kier alpha value is -4.17. The molecule has 0 fully saturated rings. The molecule has 0 bridgehead atoms. The van der Waals surface area contributed by atoms with E-state index in [4.69, 9.17) is 47.4 Å². The number of carbonyl (C=O) groups is 7. The van der Waals surface area contributed by atoms with Crippen LogP contribution in [0, 0.1) is 0 Å². The fourth-order valence-corrected chi connectivity index (χ4v) is 5.64. The Bertz CT molecular complexity index is 1300. The molecule has 0 unspecified atom stereocenters. The predicted octanol–water partition coefficient (Wildman–Crippen LogP) is -0.859. The van der Waals surface area contributed by atoms with Crippen molar-refractivity contribution in [2.24, 2.45) is 0 Å². The van der Waals surface area contributed by atoms with Crippen LogP contribution in [-0.2, 0) is 80.9 Å². The van der Waals surface area contributed by atoms with Gasteiger partial charge in [-0.15, -0.1) is 0 Å². The second kappa shape index (κ2) is 45.3. The number of hydrogen-bond donors (Lipinski definition) is 4. The number of imide groups is 1. The van der Waals surface area contributed by atoms with Crippen LogP contribution in [-0.4, -0.2) is 229 Å². The van der Waals surface area contributed by atoms with E-state index in [1.165, 1.54) is 12.2 Å². The van der Waals surface area contributed by atoms with Crippen molar-refractivity contribution in [3.63, 3.8) is 0 Å². The van der Waals surface area contributed by atoms with Gasteiger partial charge in [0, 0.05) is 90.1 Å². The number of hydrogen-bond acceptors (Lipinski definition) is 17. The molecule has 0 aromatic heterocycles. The minimum Gasteiger partial charge on any atom is -0.379 e. The highest BCUT2D eigenvalue weighted by Gasteiger charge is 2.25. The standard InChI is InChI=1S/C45H80N6O17/c1-3-5-39(52)46-12-21-61-23-14-48-41(54)10-19-59-27-31-65-35-37-67-33-29-63-25-17-50(43(56)9-16-51-44(57)7-8-45(51)58)18-26-64-30-34-68-38-36-66-32-28-60-20-11-42(55)49-15-24-62-22-13-47-40(53)6-4-2/h7-8H,3-6,9-38H2,1-2H3,(H,46,52)(H,47,53)(H,48,54)(H,49,55). The van der Waals surface area contributed by atoms with Gasteiger partial charge in [-0.2, -0.15) is 0 Å². The third-order valence-electron chi connectivity index (χ3n) is 9.22. The Morgan fingerprint density at radius 1 is 0.397 bits per heavy atom. The van der Waals surface area contributed by atoms with Gasteiger partial charge >= 0.3 is 0 Å². The van der Waals surface area contributed by atoms with Crippen LogP contribution < -0.4 is 21.3 Å². The smallest absolute Gasteiger partial charge is 0.253 e. The van der Waals surface area contributed by atoms with E-state index in [1.807, 2.05) is 13.8 Å². The molecule has 23 nitrogen and oxygen atoms in total. The summed E-state index contributed by atoms with van der Waals surface area (Å²) in [6.45, 7) is 12.5. The average Bonchev–Trinajstić information content (AvgIpc) is 3.64. The summed E-state index contributed by atoms with van der Waals surface area (Å²) in [4.78, 5) is 86.1. The van der Waals surface area contributed by atoms with Crippen LogP contribution in [0.3, 0.4) is 0 Å². The zero-order chi connectivity index (χ0) is 49.6. The van der Waals surface area contributed by atoms with Gasteiger partial charge < -0.3 is 73.5 Å². The van der Waals surface area contributed by atoms with Gasteiger partial charge in [0.1, 0.15) is 0 Å². The Morgan fingerprint density at radius 2 is 0.676 bits per heavy atom. The molecule has 7 amide bonds. The van der Waals surface area contributed by atoms with Crippen LogP contribution >= 0.6 is 0 Å². The maximum Gasteiger partial charge on any atom is 0.253 e. The van der Waals surface area contributed by atoms with E-state index < -0.39 is 11.8 Å². The van der Waals surface area contributed by atoms with Gasteiger partial charge in [-0.1, -0.05) is 13.8 Å². The Balaban J connectivity index is 2.06. The lowest BCUT2D eigenvalue weighted by Gasteiger charge is -2.24. The number of amides is 7. The highest BCUT2D eigenvalue weighted by Crippen LogP contribution is 2.06. The maximum atomic E-state index is 13.1. The van der Waals surface area contributed by atoms with E-state index in [-0.39, 0.29) is 94.9 Å². The fraction of sp³-hybridized carbons (Fsp3) is 0.800. The topological polar surface area (TPSA) is 266 Å². The van der Waals surface area contributed by atoms with Crippen LogP contribution in [0.5, 0.6) is 0 Å². The van der Waals surface area contributed by atoms with Crippen molar-refractivity contribution < 1.29 is 80.9 Å². The lowest BCUT2D eigenvalue weighted by molar-refractivity contribution is -0.139. The van der Waals surface area contributed by atoms with Crippen molar-refractivity contribution in [1.29, 1.82) is 0 Å². The summed E-state index contributed by atoms with van der Waals surface area (Å²) >= 11 is 0. The van der Waals surface area contributed by atoms with Crippen LogP contribution in [0.15, 0.2) is 12.2 Å². The molecule has 0 saturated heterocycles. The second-order valence-electron chi connectivity index (χ2n) is 14.8. The second-order valence-corrected chi connectivity index (χ2v) is 14.8. The molecule has 0 aromatic carbocycles. The Morgan fingerprint density at radius 3 is 1.00 bits per heavy atom. The third-order valence-corrected chi connectivity index (χ3v) is 9.22. The quantitative estimate of drug-likeness (QED) is 0.0427. The number of carbonyl (C=O) groups excluding carboxylic acids is 7. The fourth-order valence-electron chi connectivity index (χ4n) is 5.64. The van der Waals surface area contributed by atoms with Crippen molar-refractivity contribution in [1.82, 2.24) is 31.1 Å². The van der Waals surface area contributed by atoms with Crippen LogP contribution in [0.25, 0.3) is 0 Å². The molecular weight excluding hydrogens is 897 g/mol. The van der Waals surface area contributed by atoms with Gasteiger partial charge in [0.25, 0.3) is 11.8 Å². The monoisotopic (exact) mass is 977 g/mol. The molecule has 0 radical (unpaired) electrons. The minimum atomic E-state index is -0.448. The predicted molar refractivity (Wildman–Crippen MR) is 246 cm³/mol. The summed E-state index contributed by atoms with van der Waals surface area (Å²) in [5.41, 5.74) is 0. The summed E-state index contributed by atoms with van der Waals surface area (Å²) in [6.07, 6.45) is 5.36. The van der Waals surface area contributed by atoms with Gasteiger partial charge in [0.15, 0.2) is 0 Å². The molecule has 0 aliphatic carbocycles. The SMILES string of the molecule is CCCC(=O)NCCOCCNC(=O)CCOCCOCCOCCOCCN(CCOCCOCCOCCOCCC(=O)NCCOCCNC(=O)CCC)C(=O)CCN1C(=O)C=CC1=O. The van der Waals surface area contributed by atoms with E-state index in [0.29, 0.717) is 145 Å². The van der Waals surface area contributed by atoms with Gasteiger partial charge in [-0.3, -0.25) is 38.5 Å². The number of nitrogens with zero attached hydrogens (tertiary/aromatic N) is 2. The molecule has 68 heavy (non-hydrogen) atoms. The number of nitrogens with one attached hydrogen (secondary N) is 4. The van der Waals surface area contributed by atoms with E-state index in [2.05, 4.69) is 21.3 Å². The Kier molecular flexibility index (Phi) is 41.2. The molecule has 1 aliphatic heterocycles. The van der Waals surface area contributed by atoms with Crippen molar-refractivity contribution in [2.75, 3.05) is 178 Å². The van der Waals surface area contributed by atoms with E-state index >= 15 is 0 Å². The molecule has 1 aliphatic rings. The lowest BCUT2D eigenvalue weighted by atomic mass is 10.3. The highest BCUT2D eigenvalue weighted by atomic mass is 16.6. The number of rotatable bonds is 49. The van der Waals surface area contributed by atoms with Gasteiger partial charge in [-0.25, -0.2) is 0 Å². The molecule has 1 heterocycles. The summed E-state index contributed by atoms with van der Waals surface area (Å²) in [5, 5.41) is 11.0. The normalized spacial score (nSPS) is 12.2. The molecular formula is C45H80N6O17. The average molecular weight is 977 g/mol. The molecule has 392 valence electrons. The third kappa shape index (κ3) is 37.8. The maximum absolute atomic E-state index is 13.1. The van der Waals surface area contributed by atoms with Crippen molar-refractivity contribution in [2.45, 2.75) is 58.8 Å². The van der Waals surface area contributed by atoms with Gasteiger partial charge in [0.05, 0.1) is 132 Å². The summed E-state index contributed by atoms with van der Waals surface area (Å²) in [6, 6.07) is 0. The summed E-state index contributed by atoms with van der Waals surface area (Å²) < 4.78 is 55.1.